The molecule has 0 aliphatic carbocycles. The second-order valence-electron chi connectivity index (χ2n) is 5.40. The highest BCUT2D eigenvalue weighted by atomic mass is 32.1. The highest BCUT2D eigenvalue weighted by molar-refractivity contribution is 7.18. The normalized spacial score (nSPS) is 13.3. The van der Waals surface area contributed by atoms with Crippen LogP contribution in [0.2, 0.25) is 0 Å². The summed E-state index contributed by atoms with van der Waals surface area (Å²) < 4.78 is 0. The van der Waals surface area contributed by atoms with Crippen molar-refractivity contribution in [3.8, 4) is 0 Å². The van der Waals surface area contributed by atoms with Gasteiger partial charge in [0.2, 0.25) is 0 Å². The monoisotopic (exact) mass is 277 g/mol. The molecule has 1 atom stereocenters. The van der Waals surface area contributed by atoms with Crippen molar-refractivity contribution in [3.63, 3.8) is 0 Å². The number of nitrogens with one attached hydrogen (secondary N) is 1. The maximum atomic E-state index is 4.51. The quantitative estimate of drug-likeness (QED) is 0.877. The summed E-state index contributed by atoms with van der Waals surface area (Å²) in [6.07, 6.45) is 3.84. The first-order valence-electron chi connectivity index (χ1n) is 7.05. The van der Waals surface area contributed by atoms with E-state index in [-0.39, 0.29) is 0 Å². The third kappa shape index (κ3) is 3.51. The standard InChI is InChI=1S/C15H23N3S/c1-5-6-16-13(10(2)3)8-14-12-7-11(4)19-15(12)18-9-17-14/h7,9-10,13,16H,5-6,8H2,1-4H3. The van der Waals surface area contributed by atoms with E-state index < -0.39 is 0 Å². The van der Waals surface area contributed by atoms with Crippen molar-refractivity contribution in [2.24, 2.45) is 5.92 Å². The number of fused-ring (bicyclic) bond motifs is 1. The molecule has 0 fully saturated rings. The molecule has 0 saturated heterocycles. The number of hydrogen-bond acceptors (Lipinski definition) is 4. The van der Waals surface area contributed by atoms with Gasteiger partial charge in [0.25, 0.3) is 0 Å². The average molecular weight is 277 g/mol. The van der Waals surface area contributed by atoms with Gasteiger partial charge in [-0.1, -0.05) is 20.8 Å². The molecule has 2 heterocycles. The minimum atomic E-state index is 0.484. The summed E-state index contributed by atoms with van der Waals surface area (Å²) in [5.74, 6) is 0.608. The van der Waals surface area contributed by atoms with E-state index in [0.29, 0.717) is 12.0 Å². The summed E-state index contributed by atoms with van der Waals surface area (Å²) in [5, 5.41) is 4.86. The topological polar surface area (TPSA) is 37.8 Å². The largest absolute Gasteiger partial charge is 0.313 e. The van der Waals surface area contributed by atoms with Gasteiger partial charge < -0.3 is 5.32 Å². The van der Waals surface area contributed by atoms with Crippen molar-refractivity contribution < 1.29 is 0 Å². The summed E-state index contributed by atoms with van der Waals surface area (Å²) in [6.45, 7) is 9.94. The van der Waals surface area contributed by atoms with Crippen LogP contribution in [0.25, 0.3) is 10.2 Å². The van der Waals surface area contributed by atoms with E-state index in [2.05, 4.69) is 49.0 Å². The lowest BCUT2D eigenvalue weighted by molar-refractivity contribution is 0.395. The molecule has 0 aliphatic rings. The van der Waals surface area contributed by atoms with Crippen molar-refractivity contribution in [2.45, 2.75) is 46.6 Å². The van der Waals surface area contributed by atoms with Crippen LogP contribution in [0.15, 0.2) is 12.4 Å². The zero-order chi connectivity index (χ0) is 13.8. The van der Waals surface area contributed by atoms with E-state index in [1.54, 1.807) is 17.7 Å². The molecule has 0 spiro atoms. The first-order valence-corrected chi connectivity index (χ1v) is 7.86. The first-order chi connectivity index (χ1) is 9.11. The molecule has 2 rings (SSSR count). The highest BCUT2D eigenvalue weighted by Crippen LogP contribution is 2.25. The minimum Gasteiger partial charge on any atom is -0.313 e. The SMILES string of the molecule is CCCNC(Cc1ncnc2sc(C)cc12)C(C)C. The molecule has 4 heteroatoms. The Morgan fingerprint density at radius 1 is 1.32 bits per heavy atom. The van der Waals surface area contributed by atoms with Crippen LogP contribution in [0.1, 0.15) is 37.8 Å². The molecule has 19 heavy (non-hydrogen) atoms. The predicted molar refractivity (Wildman–Crippen MR) is 82.8 cm³/mol. The third-order valence-electron chi connectivity index (χ3n) is 3.41. The van der Waals surface area contributed by atoms with E-state index in [0.717, 1.165) is 17.8 Å². The Morgan fingerprint density at radius 2 is 2.11 bits per heavy atom. The zero-order valence-electron chi connectivity index (χ0n) is 12.2. The van der Waals surface area contributed by atoms with Crippen molar-refractivity contribution in [3.05, 3.63) is 23.0 Å². The number of rotatable bonds is 6. The van der Waals surface area contributed by atoms with E-state index >= 15 is 0 Å². The molecule has 0 saturated carbocycles. The lowest BCUT2D eigenvalue weighted by Gasteiger charge is -2.22. The van der Waals surface area contributed by atoms with Crippen molar-refractivity contribution in [1.29, 1.82) is 0 Å². The van der Waals surface area contributed by atoms with E-state index in [4.69, 9.17) is 0 Å². The van der Waals surface area contributed by atoms with Crippen LogP contribution in [0.4, 0.5) is 0 Å². The van der Waals surface area contributed by atoms with Gasteiger partial charge in [-0.25, -0.2) is 9.97 Å². The summed E-state index contributed by atoms with van der Waals surface area (Å²) in [6, 6.07) is 2.70. The van der Waals surface area contributed by atoms with Crippen LogP contribution in [0.3, 0.4) is 0 Å². The van der Waals surface area contributed by atoms with Gasteiger partial charge >= 0.3 is 0 Å². The lowest BCUT2D eigenvalue weighted by atomic mass is 9.98. The molecule has 0 amide bonds. The smallest absolute Gasteiger partial charge is 0.127 e. The molecule has 1 N–H and O–H groups in total. The summed E-state index contributed by atoms with van der Waals surface area (Å²) in [4.78, 5) is 11.3. The zero-order valence-corrected chi connectivity index (χ0v) is 13.0. The van der Waals surface area contributed by atoms with Crippen molar-refractivity contribution in [1.82, 2.24) is 15.3 Å². The van der Waals surface area contributed by atoms with Crippen LogP contribution in [-0.4, -0.2) is 22.6 Å². The van der Waals surface area contributed by atoms with Gasteiger partial charge in [0, 0.05) is 22.7 Å². The Balaban J connectivity index is 2.23. The molecule has 0 aliphatic heterocycles. The number of nitrogens with zero attached hydrogens (tertiary/aromatic N) is 2. The van der Waals surface area contributed by atoms with Crippen molar-refractivity contribution >= 4 is 21.6 Å². The molecule has 0 bridgehead atoms. The Morgan fingerprint density at radius 3 is 2.79 bits per heavy atom. The molecule has 2 aromatic rings. The number of thiophene rings is 1. The lowest BCUT2D eigenvalue weighted by Crippen LogP contribution is -2.36. The molecular formula is C15H23N3S. The predicted octanol–water partition coefficient (Wildman–Crippen LogP) is 3.57. The maximum absolute atomic E-state index is 4.51. The van der Waals surface area contributed by atoms with Gasteiger partial charge in [0.15, 0.2) is 0 Å². The summed E-state index contributed by atoms with van der Waals surface area (Å²) >= 11 is 1.75. The second-order valence-corrected chi connectivity index (χ2v) is 6.64. The Labute approximate surface area is 119 Å². The second kappa shape index (κ2) is 6.44. The fraction of sp³-hybridized carbons (Fsp3) is 0.600. The van der Waals surface area contributed by atoms with Crippen LogP contribution in [0.5, 0.6) is 0 Å². The molecule has 0 radical (unpaired) electrons. The average Bonchev–Trinajstić information content (AvgIpc) is 2.75. The van der Waals surface area contributed by atoms with Crippen LogP contribution >= 0.6 is 11.3 Å². The number of aryl methyl sites for hydroxylation is 1. The first kappa shape index (κ1) is 14.4. The summed E-state index contributed by atoms with van der Waals surface area (Å²) in [5.41, 5.74) is 1.18. The fourth-order valence-electron chi connectivity index (χ4n) is 2.27. The molecule has 104 valence electrons. The van der Waals surface area contributed by atoms with Gasteiger partial charge in [0.05, 0.1) is 5.69 Å². The van der Waals surface area contributed by atoms with E-state index in [9.17, 15) is 0 Å². The maximum Gasteiger partial charge on any atom is 0.127 e. The van der Waals surface area contributed by atoms with Gasteiger partial charge in [-0.15, -0.1) is 11.3 Å². The van der Waals surface area contributed by atoms with Gasteiger partial charge in [0.1, 0.15) is 11.2 Å². The third-order valence-corrected chi connectivity index (χ3v) is 4.37. The van der Waals surface area contributed by atoms with E-state index in [1.807, 2.05) is 0 Å². The van der Waals surface area contributed by atoms with E-state index in [1.165, 1.54) is 22.4 Å². The number of hydrogen-bond donors (Lipinski definition) is 1. The van der Waals surface area contributed by atoms with Crippen LogP contribution in [0, 0.1) is 12.8 Å². The Hall–Kier alpha value is -1.00. The highest BCUT2D eigenvalue weighted by Gasteiger charge is 2.16. The fourth-order valence-corrected chi connectivity index (χ4v) is 3.14. The molecule has 1 unspecified atom stereocenters. The summed E-state index contributed by atoms with van der Waals surface area (Å²) in [7, 11) is 0. The molecular weight excluding hydrogens is 254 g/mol. The van der Waals surface area contributed by atoms with Crippen LogP contribution < -0.4 is 5.32 Å². The molecule has 2 aromatic heterocycles. The Bertz CT molecular complexity index is 533. The molecule has 3 nitrogen and oxygen atoms in total. The minimum absolute atomic E-state index is 0.484. The van der Waals surface area contributed by atoms with Gasteiger partial charge in [-0.2, -0.15) is 0 Å². The van der Waals surface area contributed by atoms with Crippen LogP contribution in [-0.2, 0) is 6.42 Å². The van der Waals surface area contributed by atoms with Gasteiger partial charge in [-0.05, 0) is 31.9 Å². The van der Waals surface area contributed by atoms with Gasteiger partial charge in [-0.3, -0.25) is 0 Å². The Kier molecular flexibility index (Phi) is 4.88. The number of aromatic nitrogens is 2. The molecule has 0 aromatic carbocycles. The van der Waals surface area contributed by atoms with Crippen molar-refractivity contribution in [2.75, 3.05) is 6.54 Å².